The van der Waals surface area contributed by atoms with E-state index < -0.39 is 0 Å². The molecule has 0 aliphatic heterocycles. The smallest absolute Gasteiger partial charge is 0.0384 e. The SMILES string of the molecule is Cc1ccc2c(-c3ccc([SiH3])cc3)c3ccccc3c(-c3ccc4c(c3)-c3ccccc3C4(C)C)c2c1. The largest absolute Gasteiger partial charge is 0.0707 e. The summed E-state index contributed by atoms with van der Waals surface area (Å²) < 4.78 is 0. The molecule has 0 heterocycles. The van der Waals surface area contributed by atoms with Gasteiger partial charge in [0.05, 0.1) is 0 Å². The van der Waals surface area contributed by atoms with Gasteiger partial charge in [-0.15, -0.1) is 0 Å². The molecule has 0 saturated heterocycles. The van der Waals surface area contributed by atoms with E-state index in [-0.39, 0.29) is 5.41 Å². The van der Waals surface area contributed by atoms with E-state index in [1.165, 1.54) is 76.8 Å². The summed E-state index contributed by atoms with van der Waals surface area (Å²) >= 11 is 0. The minimum Gasteiger partial charge on any atom is -0.0707 e. The van der Waals surface area contributed by atoms with Crippen LogP contribution in [0.5, 0.6) is 0 Å². The van der Waals surface area contributed by atoms with Crippen LogP contribution in [-0.4, -0.2) is 10.2 Å². The van der Waals surface area contributed by atoms with Crippen molar-refractivity contribution < 1.29 is 0 Å². The van der Waals surface area contributed by atoms with Gasteiger partial charge in [0.15, 0.2) is 0 Å². The van der Waals surface area contributed by atoms with E-state index in [0.717, 1.165) is 10.2 Å². The van der Waals surface area contributed by atoms with Gasteiger partial charge in [-0.25, -0.2) is 0 Å². The van der Waals surface area contributed by atoms with E-state index in [1.807, 2.05) is 0 Å². The van der Waals surface area contributed by atoms with E-state index >= 15 is 0 Å². The first kappa shape index (κ1) is 22.3. The van der Waals surface area contributed by atoms with Gasteiger partial charge in [0, 0.05) is 15.7 Å². The molecule has 6 aromatic carbocycles. The highest BCUT2D eigenvalue weighted by Gasteiger charge is 2.35. The fourth-order valence-corrected chi connectivity index (χ4v) is 6.84. The number of benzene rings is 6. The molecule has 1 heteroatoms. The van der Waals surface area contributed by atoms with Crippen LogP contribution in [0.1, 0.15) is 30.5 Å². The highest BCUT2D eigenvalue weighted by atomic mass is 28.1. The quantitative estimate of drug-likeness (QED) is 0.171. The third kappa shape index (κ3) is 3.27. The zero-order valence-electron chi connectivity index (χ0n) is 21.9. The van der Waals surface area contributed by atoms with Crippen LogP contribution in [0.3, 0.4) is 0 Å². The molecule has 0 fully saturated rings. The molecule has 178 valence electrons. The minimum atomic E-state index is 0.0172. The average molecular weight is 491 g/mol. The van der Waals surface area contributed by atoms with Crippen LogP contribution in [0.2, 0.25) is 0 Å². The van der Waals surface area contributed by atoms with Crippen LogP contribution in [0.4, 0.5) is 0 Å². The Bertz CT molecular complexity index is 1860. The highest BCUT2D eigenvalue weighted by molar-refractivity contribution is 6.32. The molecule has 0 bridgehead atoms. The molecule has 1 aliphatic carbocycles. The van der Waals surface area contributed by atoms with Gasteiger partial charge in [-0.05, 0) is 79.0 Å². The second-order valence-corrected chi connectivity index (χ2v) is 12.3. The number of rotatable bonds is 2. The Labute approximate surface area is 222 Å². The molecule has 0 nitrogen and oxygen atoms in total. The van der Waals surface area contributed by atoms with Crippen LogP contribution >= 0.6 is 0 Å². The molecular formula is C36H30Si. The molecular weight excluding hydrogens is 460 g/mol. The second-order valence-electron chi connectivity index (χ2n) is 11.1. The fourth-order valence-electron chi connectivity index (χ4n) is 6.51. The third-order valence-corrected chi connectivity index (χ3v) is 9.06. The van der Waals surface area contributed by atoms with Crippen LogP contribution in [0.15, 0.2) is 109 Å². The van der Waals surface area contributed by atoms with E-state index in [1.54, 1.807) is 0 Å². The average Bonchev–Trinajstić information content (AvgIpc) is 3.14. The van der Waals surface area contributed by atoms with Gasteiger partial charge in [0.2, 0.25) is 0 Å². The van der Waals surface area contributed by atoms with E-state index in [2.05, 4.69) is 130 Å². The monoisotopic (exact) mass is 490 g/mol. The summed E-state index contributed by atoms with van der Waals surface area (Å²) in [4.78, 5) is 0. The van der Waals surface area contributed by atoms with Crippen LogP contribution in [0.25, 0.3) is 54.9 Å². The molecule has 0 radical (unpaired) electrons. The van der Waals surface area contributed by atoms with Crippen molar-refractivity contribution in [3.05, 3.63) is 126 Å². The summed E-state index contributed by atoms with van der Waals surface area (Å²) in [6.45, 7) is 6.91. The van der Waals surface area contributed by atoms with Gasteiger partial charge in [-0.3, -0.25) is 0 Å². The molecule has 0 amide bonds. The normalized spacial score (nSPS) is 13.7. The van der Waals surface area contributed by atoms with Crippen molar-refractivity contribution in [1.82, 2.24) is 0 Å². The van der Waals surface area contributed by atoms with Gasteiger partial charge < -0.3 is 0 Å². The Morgan fingerprint density at radius 1 is 0.514 bits per heavy atom. The fraction of sp³-hybridized carbons (Fsp3) is 0.111. The third-order valence-electron chi connectivity index (χ3n) is 8.39. The molecule has 0 saturated carbocycles. The lowest BCUT2D eigenvalue weighted by atomic mass is 9.81. The lowest BCUT2D eigenvalue weighted by Crippen LogP contribution is -2.14. The van der Waals surface area contributed by atoms with Crippen molar-refractivity contribution in [2.45, 2.75) is 26.2 Å². The number of hydrogen-bond acceptors (Lipinski definition) is 0. The molecule has 0 aromatic heterocycles. The number of fused-ring (bicyclic) bond motifs is 5. The van der Waals surface area contributed by atoms with Gasteiger partial charge in [-0.2, -0.15) is 0 Å². The summed E-state index contributed by atoms with van der Waals surface area (Å²) in [5.74, 6) is 0. The molecule has 37 heavy (non-hydrogen) atoms. The molecule has 0 spiro atoms. The molecule has 6 aromatic rings. The molecule has 0 unspecified atom stereocenters. The number of aryl methyl sites for hydroxylation is 1. The Morgan fingerprint density at radius 3 is 1.86 bits per heavy atom. The minimum absolute atomic E-state index is 0.0172. The van der Waals surface area contributed by atoms with Gasteiger partial charge in [-0.1, -0.05) is 128 Å². The lowest BCUT2D eigenvalue weighted by molar-refractivity contribution is 0.660. The van der Waals surface area contributed by atoms with Crippen LogP contribution in [-0.2, 0) is 5.41 Å². The Morgan fingerprint density at radius 2 is 1.11 bits per heavy atom. The van der Waals surface area contributed by atoms with Crippen molar-refractivity contribution in [2.75, 3.05) is 0 Å². The first-order valence-electron chi connectivity index (χ1n) is 13.2. The van der Waals surface area contributed by atoms with Crippen LogP contribution < -0.4 is 5.19 Å². The van der Waals surface area contributed by atoms with Crippen molar-refractivity contribution in [3.8, 4) is 33.4 Å². The maximum Gasteiger partial charge on any atom is 0.0384 e. The van der Waals surface area contributed by atoms with Crippen molar-refractivity contribution in [3.63, 3.8) is 0 Å². The first-order valence-corrected chi connectivity index (χ1v) is 14.2. The Balaban J connectivity index is 1.59. The van der Waals surface area contributed by atoms with E-state index in [4.69, 9.17) is 0 Å². The molecule has 1 aliphatic rings. The second kappa shape index (κ2) is 8.03. The predicted octanol–water partition coefficient (Wildman–Crippen LogP) is 7.93. The van der Waals surface area contributed by atoms with Crippen molar-refractivity contribution in [1.29, 1.82) is 0 Å². The van der Waals surface area contributed by atoms with E-state index in [0.29, 0.717) is 0 Å². The first-order chi connectivity index (χ1) is 17.9. The molecule has 0 N–H and O–H groups in total. The predicted molar refractivity (Wildman–Crippen MR) is 164 cm³/mol. The summed E-state index contributed by atoms with van der Waals surface area (Å²) in [5.41, 5.74) is 12.1. The summed E-state index contributed by atoms with van der Waals surface area (Å²) in [5, 5.41) is 6.70. The lowest BCUT2D eigenvalue weighted by Gasteiger charge is -2.22. The zero-order valence-corrected chi connectivity index (χ0v) is 23.9. The van der Waals surface area contributed by atoms with Crippen LogP contribution in [0, 0.1) is 6.92 Å². The van der Waals surface area contributed by atoms with Gasteiger partial charge >= 0.3 is 0 Å². The van der Waals surface area contributed by atoms with Crippen molar-refractivity contribution in [2.24, 2.45) is 0 Å². The Hall–Kier alpha value is -3.94. The van der Waals surface area contributed by atoms with Crippen molar-refractivity contribution >= 4 is 37.0 Å². The summed E-state index contributed by atoms with van der Waals surface area (Å²) in [6, 6.07) is 41.2. The number of hydrogen-bond donors (Lipinski definition) is 0. The topological polar surface area (TPSA) is 0 Å². The maximum absolute atomic E-state index is 2.45. The maximum atomic E-state index is 2.45. The Kier molecular flexibility index (Phi) is 4.83. The molecule has 0 atom stereocenters. The standard InChI is InChI=1S/C36H30Si/c1-22-12-18-29-31(20-22)35(28-10-5-4-9-27(28)34(29)23-13-16-25(37)17-14-23)24-15-19-33-30(21-24)26-8-6-7-11-32(26)36(33,2)3/h4-21H,1-3,37H3. The zero-order chi connectivity index (χ0) is 25.3. The van der Waals surface area contributed by atoms with E-state index in [9.17, 15) is 0 Å². The molecule has 7 rings (SSSR count). The van der Waals surface area contributed by atoms with Gasteiger partial charge in [0.1, 0.15) is 0 Å². The summed E-state index contributed by atoms with van der Waals surface area (Å²) in [6.07, 6.45) is 0. The highest BCUT2D eigenvalue weighted by Crippen LogP contribution is 2.51. The summed E-state index contributed by atoms with van der Waals surface area (Å²) in [7, 11) is 1.07. The van der Waals surface area contributed by atoms with Gasteiger partial charge in [0.25, 0.3) is 0 Å².